The molecule has 0 heterocycles. The van der Waals surface area contributed by atoms with Crippen molar-refractivity contribution in [2.45, 2.75) is 52.2 Å². The molecule has 5 nitrogen and oxygen atoms in total. The summed E-state index contributed by atoms with van der Waals surface area (Å²) in [5.74, 6) is 0. The fourth-order valence-corrected chi connectivity index (χ4v) is 1.74. The molecule has 0 saturated heterocycles. The molecule has 0 bridgehead atoms. The van der Waals surface area contributed by atoms with E-state index in [9.17, 15) is 10.1 Å². The molecule has 0 amide bonds. The van der Waals surface area contributed by atoms with Crippen LogP contribution in [0.1, 0.15) is 46.6 Å². The van der Waals surface area contributed by atoms with Crippen molar-refractivity contribution in [2.24, 2.45) is 0 Å². The molecule has 3 N–H and O–H groups in total. The molecule has 0 fully saturated rings. The number of hydrogen-bond donors (Lipinski definition) is 3. The summed E-state index contributed by atoms with van der Waals surface area (Å²) in [4.78, 5) is 0. The number of nitriles is 1. The van der Waals surface area contributed by atoms with Crippen molar-refractivity contribution in [1.29, 1.82) is 5.26 Å². The summed E-state index contributed by atoms with van der Waals surface area (Å²) >= 11 is 0. The van der Waals surface area contributed by atoms with Gasteiger partial charge in [0.1, 0.15) is 0 Å². The van der Waals surface area contributed by atoms with Gasteiger partial charge in [-0.05, 0) is 46.2 Å². The first-order valence-corrected chi connectivity index (χ1v) is 7.48. The van der Waals surface area contributed by atoms with E-state index in [1.165, 1.54) is 0 Å². The quantitative estimate of drug-likeness (QED) is 0.667. The molecule has 1 aromatic rings. The monoisotopic (exact) mass is 304 g/mol. The maximum Gasteiger partial charge on any atom is 0.493 e. The average Bonchev–Trinajstić information content (AvgIpc) is 2.42. The Bertz CT molecular complexity index is 547. The minimum absolute atomic E-state index is 0.510. The molecular formula is C16H25BN2O3. The van der Waals surface area contributed by atoms with Crippen molar-refractivity contribution < 1.29 is 14.8 Å². The Balaban J connectivity index is 3.06. The highest BCUT2D eigenvalue weighted by Gasteiger charge is 2.40. The molecule has 1 rings (SSSR count). The number of benzene rings is 1. The van der Waals surface area contributed by atoms with Crippen molar-refractivity contribution in [3.8, 4) is 6.07 Å². The zero-order chi connectivity index (χ0) is 17.0. The largest absolute Gasteiger partial charge is 0.493 e. The van der Waals surface area contributed by atoms with E-state index in [2.05, 4.69) is 11.4 Å². The van der Waals surface area contributed by atoms with Crippen LogP contribution in [0.15, 0.2) is 18.2 Å². The van der Waals surface area contributed by atoms with Gasteiger partial charge in [-0.15, -0.1) is 0 Å². The van der Waals surface area contributed by atoms with Gasteiger partial charge in [-0.3, -0.25) is 0 Å². The van der Waals surface area contributed by atoms with Gasteiger partial charge in [0.25, 0.3) is 0 Å². The fourth-order valence-electron chi connectivity index (χ4n) is 1.74. The van der Waals surface area contributed by atoms with E-state index in [1.54, 1.807) is 45.9 Å². The van der Waals surface area contributed by atoms with Gasteiger partial charge in [-0.1, -0.05) is 13.0 Å². The smallest absolute Gasteiger partial charge is 0.423 e. The van der Waals surface area contributed by atoms with E-state index in [0.717, 1.165) is 13.0 Å². The summed E-state index contributed by atoms with van der Waals surface area (Å²) in [6.45, 7) is 9.47. The molecule has 0 aliphatic rings. The van der Waals surface area contributed by atoms with E-state index in [-0.39, 0.29) is 0 Å². The van der Waals surface area contributed by atoms with Crippen LogP contribution in [0.2, 0.25) is 0 Å². The van der Waals surface area contributed by atoms with Gasteiger partial charge >= 0.3 is 7.12 Å². The molecule has 0 aliphatic carbocycles. The molecular weight excluding hydrogens is 279 g/mol. The number of aliphatic hydroxyl groups is 1. The Labute approximate surface area is 133 Å². The molecule has 0 spiro atoms. The van der Waals surface area contributed by atoms with E-state index >= 15 is 0 Å². The SMILES string of the molecule is CCCNc1cc(C#N)ccc1B(O)OC(C)(C)C(C)(C)O. The zero-order valence-electron chi connectivity index (χ0n) is 14.0. The lowest BCUT2D eigenvalue weighted by molar-refractivity contribution is -0.0982. The van der Waals surface area contributed by atoms with E-state index in [0.29, 0.717) is 16.7 Å². The molecule has 0 aliphatic heterocycles. The molecule has 0 aromatic heterocycles. The number of rotatable bonds is 7. The molecule has 1 aromatic carbocycles. The van der Waals surface area contributed by atoms with Gasteiger partial charge in [0.15, 0.2) is 0 Å². The van der Waals surface area contributed by atoms with Crippen molar-refractivity contribution >= 4 is 18.3 Å². The van der Waals surface area contributed by atoms with Gasteiger partial charge in [0, 0.05) is 17.7 Å². The predicted octanol–water partition coefficient (Wildman–Crippen LogP) is 1.63. The van der Waals surface area contributed by atoms with Gasteiger partial charge in [0.2, 0.25) is 0 Å². The second kappa shape index (κ2) is 7.14. The zero-order valence-corrected chi connectivity index (χ0v) is 14.0. The van der Waals surface area contributed by atoms with Crippen LogP contribution < -0.4 is 10.8 Å². The molecule has 0 saturated carbocycles. The number of anilines is 1. The molecule has 6 heteroatoms. The maximum absolute atomic E-state index is 10.4. The third kappa shape index (κ3) is 4.47. The highest BCUT2D eigenvalue weighted by Crippen LogP contribution is 2.25. The molecule has 0 unspecified atom stereocenters. The second-order valence-electron chi connectivity index (χ2n) is 6.38. The van der Waals surface area contributed by atoms with Crippen LogP contribution >= 0.6 is 0 Å². The van der Waals surface area contributed by atoms with Gasteiger partial charge in [-0.25, -0.2) is 0 Å². The van der Waals surface area contributed by atoms with Crippen LogP contribution in [-0.2, 0) is 4.65 Å². The molecule has 22 heavy (non-hydrogen) atoms. The molecule has 0 atom stereocenters. The second-order valence-corrected chi connectivity index (χ2v) is 6.38. The average molecular weight is 304 g/mol. The van der Waals surface area contributed by atoms with Crippen LogP contribution in [0, 0.1) is 11.3 Å². The van der Waals surface area contributed by atoms with Crippen molar-refractivity contribution in [3.63, 3.8) is 0 Å². The van der Waals surface area contributed by atoms with Crippen LogP contribution in [0.5, 0.6) is 0 Å². The lowest BCUT2D eigenvalue weighted by atomic mass is 9.75. The first-order valence-electron chi connectivity index (χ1n) is 7.48. The normalized spacial score (nSPS) is 11.9. The Morgan fingerprint density at radius 2 is 1.95 bits per heavy atom. The van der Waals surface area contributed by atoms with E-state index in [4.69, 9.17) is 9.92 Å². The summed E-state index contributed by atoms with van der Waals surface area (Å²) in [5, 5.41) is 32.7. The minimum Gasteiger partial charge on any atom is -0.423 e. The van der Waals surface area contributed by atoms with Gasteiger partial charge in [-0.2, -0.15) is 5.26 Å². The number of nitrogens with one attached hydrogen (secondary N) is 1. The summed E-state index contributed by atoms with van der Waals surface area (Å²) in [6.07, 6.45) is 0.919. The van der Waals surface area contributed by atoms with Crippen LogP contribution in [-0.4, -0.2) is 35.0 Å². The first-order chi connectivity index (χ1) is 10.1. The van der Waals surface area contributed by atoms with Gasteiger partial charge in [0.05, 0.1) is 22.8 Å². The Morgan fingerprint density at radius 3 is 2.45 bits per heavy atom. The van der Waals surface area contributed by atoms with Crippen LogP contribution in [0.3, 0.4) is 0 Å². The summed E-state index contributed by atoms with van der Waals surface area (Å²) in [6, 6.07) is 7.07. The fraction of sp³-hybridized carbons (Fsp3) is 0.562. The lowest BCUT2D eigenvalue weighted by Gasteiger charge is -2.38. The maximum atomic E-state index is 10.4. The Kier molecular flexibility index (Phi) is 6.01. The van der Waals surface area contributed by atoms with E-state index in [1.807, 2.05) is 6.92 Å². The first kappa shape index (κ1) is 18.5. The third-order valence-electron chi connectivity index (χ3n) is 3.89. The predicted molar refractivity (Wildman–Crippen MR) is 89.0 cm³/mol. The molecule has 120 valence electrons. The topological polar surface area (TPSA) is 85.5 Å². The van der Waals surface area contributed by atoms with Crippen molar-refractivity contribution in [1.82, 2.24) is 0 Å². The number of nitrogens with zero attached hydrogens (tertiary/aromatic N) is 1. The van der Waals surface area contributed by atoms with Crippen molar-refractivity contribution in [3.05, 3.63) is 23.8 Å². The summed E-state index contributed by atoms with van der Waals surface area (Å²) < 4.78 is 5.67. The number of hydrogen-bond acceptors (Lipinski definition) is 5. The Morgan fingerprint density at radius 1 is 1.32 bits per heavy atom. The molecule has 0 radical (unpaired) electrons. The Hall–Kier alpha value is -1.55. The minimum atomic E-state index is -1.20. The third-order valence-corrected chi connectivity index (χ3v) is 3.89. The van der Waals surface area contributed by atoms with E-state index < -0.39 is 18.3 Å². The standard InChI is InChI=1S/C16H25BN2O3/c1-6-9-19-14-10-12(11-18)7-8-13(14)17(21)22-16(4,5)15(2,3)20/h7-8,10,19-21H,6,9H2,1-5H3. The lowest BCUT2D eigenvalue weighted by Crippen LogP contribution is -2.53. The van der Waals surface area contributed by atoms with Crippen LogP contribution in [0.4, 0.5) is 5.69 Å². The summed E-state index contributed by atoms with van der Waals surface area (Å²) in [7, 11) is -1.20. The van der Waals surface area contributed by atoms with Gasteiger partial charge < -0.3 is 20.1 Å². The highest BCUT2D eigenvalue weighted by molar-refractivity contribution is 6.62. The van der Waals surface area contributed by atoms with Crippen molar-refractivity contribution in [2.75, 3.05) is 11.9 Å². The van der Waals surface area contributed by atoms with Crippen LogP contribution in [0.25, 0.3) is 0 Å². The summed E-state index contributed by atoms with van der Waals surface area (Å²) in [5.41, 5.74) is -0.332. The highest BCUT2D eigenvalue weighted by atomic mass is 16.5.